The number of carbonyl (C=O) groups excluding carboxylic acids is 1. The number of rotatable bonds is 5. The van der Waals surface area contributed by atoms with Crippen molar-refractivity contribution in [2.75, 3.05) is 17.3 Å². The zero-order chi connectivity index (χ0) is 19.1. The van der Waals surface area contributed by atoms with Crippen molar-refractivity contribution in [2.24, 2.45) is 0 Å². The van der Waals surface area contributed by atoms with Crippen LogP contribution in [0.4, 0.5) is 0 Å². The number of nitrogens with one attached hydrogen (secondary N) is 1. The van der Waals surface area contributed by atoms with Crippen LogP contribution >= 0.6 is 23.1 Å². The number of ether oxygens (including phenoxy) is 1. The number of aryl methyl sites for hydroxylation is 2. The van der Waals surface area contributed by atoms with E-state index in [0.29, 0.717) is 22.5 Å². The Bertz CT molecular complexity index is 1010. The van der Waals surface area contributed by atoms with E-state index in [0.717, 1.165) is 10.4 Å². The molecule has 3 heterocycles. The van der Waals surface area contributed by atoms with Crippen LogP contribution < -0.4 is 5.56 Å². The Morgan fingerprint density at radius 3 is 2.85 bits per heavy atom. The summed E-state index contributed by atoms with van der Waals surface area (Å²) in [6.45, 7) is 5.47. The van der Waals surface area contributed by atoms with Gasteiger partial charge in [-0.15, -0.1) is 23.1 Å². The molecule has 1 N–H and O–H groups in total. The number of esters is 1. The Morgan fingerprint density at radius 1 is 1.46 bits per heavy atom. The van der Waals surface area contributed by atoms with Crippen molar-refractivity contribution in [3.63, 3.8) is 0 Å². The van der Waals surface area contributed by atoms with Gasteiger partial charge in [-0.3, -0.25) is 9.59 Å². The molecule has 0 aliphatic carbocycles. The molecule has 2 aromatic rings. The molecule has 0 unspecified atom stereocenters. The summed E-state index contributed by atoms with van der Waals surface area (Å²) in [6, 6.07) is 0. The summed E-state index contributed by atoms with van der Waals surface area (Å²) in [4.78, 5) is 33.1. The van der Waals surface area contributed by atoms with E-state index in [9.17, 15) is 18.0 Å². The third-order valence-electron chi connectivity index (χ3n) is 4.38. The normalized spacial score (nSPS) is 20.3. The van der Waals surface area contributed by atoms with Crippen molar-refractivity contribution in [1.29, 1.82) is 0 Å². The van der Waals surface area contributed by atoms with Crippen LogP contribution in [0, 0.1) is 13.8 Å². The predicted molar refractivity (Wildman–Crippen MR) is 104 cm³/mol. The average Bonchev–Trinajstić information content (AvgIpc) is 3.04. The molecule has 26 heavy (non-hydrogen) atoms. The first kappa shape index (κ1) is 19.4. The van der Waals surface area contributed by atoms with Crippen molar-refractivity contribution in [3.8, 4) is 0 Å². The quantitative estimate of drug-likeness (QED) is 0.744. The molecule has 0 spiro atoms. The molecular weight excluding hydrogens is 396 g/mol. The lowest BCUT2D eigenvalue weighted by atomic mass is 10.2. The molecule has 10 heteroatoms. The first-order valence-electron chi connectivity index (χ1n) is 8.17. The standard InChI is InChI=1S/C16H20N2O5S3/c1-8-10(3)25-16-13(8)15(20)17-14(18-16)9(2)23-12(19)6-24-11-4-5-26(21,22)7-11/h9,11H,4-7H2,1-3H3,(H,17,18,20)/t9-,11+/m1/s1. The maximum atomic E-state index is 12.3. The molecule has 2 atom stereocenters. The number of aromatic nitrogens is 2. The number of hydrogen-bond acceptors (Lipinski definition) is 8. The second-order valence-electron chi connectivity index (χ2n) is 6.38. The zero-order valence-corrected chi connectivity index (χ0v) is 17.1. The van der Waals surface area contributed by atoms with E-state index in [4.69, 9.17) is 4.74 Å². The van der Waals surface area contributed by atoms with Crippen molar-refractivity contribution < 1.29 is 17.9 Å². The fourth-order valence-electron chi connectivity index (χ4n) is 2.83. The van der Waals surface area contributed by atoms with Gasteiger partial charge in [0.1, 0.15) is 4.83 Å². The molecule has 3 rings (SSSR count). The molecule has 7 nitrogen and oxygen atoms in total. The maximum Gasteiger partial charge on any atom is 0.316 e. The fourth-order valence-corrected chi connectivity index (χ4v) is 7.29. The first-order valence-corrected chi connectivity index (χ1v) is 11.9. The molecule has 2 aromatic heterocycles. The SMILES string of the molecule is Cc1sc2nc([C@@H](C)OC(=O)CS[C@H]3CCS(=O)(=O)C3)[nH]c(=O)c2c1C. The van der Waals surface area contributed by atoms with E-state index in [1.54, 1.807) is 6.92 Å². The van der Waals surface area contributed by atoms with Gasteiger partial charge in [0.15, 0.2) is 21.8 Å². The highest BCUT2D eigenvalue weighted by Gasteiger charge is 2.29. The Morgan fingerprint density at radius 2 is 2.19 bits per heavy atom. The Labute approximate surface area is 159 Å². The van der Waals surface area contributed by atoms with E-state index in [1.807, 2.05) is 13.8 Å². The molecule has 0 saturated carbocycles. The minimum atomic E-state index is -2.96. The number of carbonyl (C=O) groups is 1. The Hall–Kier alpha value is -1.39. The van der Waals surface area contributed by atoms with E-state index in [-0.39, 0.29) is 28.1 Å². The summed E-state index contributed by atoms with van der Waals surface area (Å²) in [5.74, 6) is 0.233. The van der Waals surface area contributed by atoms with E-state index in [1.165, 1.54) is 23.1 Å². The largest absolute Gasteiger partial charge is 0.454 e. The van der Waals surface area contributed by atoms with Crippen LogP contribution in [-0.2, 0) is 19.4 Å². The smallest absolute Gasteiger partial charge is 0.316 e. The lowest BCUT2D eigenvalue weighted by Gasteiger charge is -2.13. The van der Waals surface area contributed by atoms with E-state index >= 15 is 0 Å². The van der Waals surface area contributed by atoms with Crippen LogP contribution in [-0.4, -0.2) is 46.9 Å². The monoisotopic (exact) mass is 416 g/mol. The van der Waals surface area contributed by atoms with Gasteiger partial charge in [-0.05, 0) is 32.8 Å². The van der Waals surface area contributed by atoms with Gasteiger partial charge in [-0.2, -0.15) is 0 Å². The highest BCUT2D eigenvalue weighted by atomic mass is 32.2. The summed E-state index contributed by atoms with van der Waals surface area (Å²) in [6.07, 6.45) is -0.117. The molecular formula is C16H20N2O5S3. The number of thioether (sulfide) groups is 1. The summed E-state index contributed by atoms with van der Waals surface area (Å²) in [5.41, 5.74) is 0.679. The van der Waals surface area contributed by atoms with Crippen LogP contribution in [0.5, 0.6) is 0 Å². The van der Waals surface area contributed by atoms with Gasteiger partial charge in [-0.1, -0.05) is 0 Å². The van der Waals surface area contributed by atoms with E-state index in [2.05, 4.69) is 9.97 Å². The molecule has 0 radical (unpaired) electrons. The Balaban J connectivity index is 1.64. The number of sulfone groups is 1. The summed E-state index contributed by atoms with van der Waals surface area (Å²) in [5, 5.41) is 0.516. The topological polar surface area (TPSA) is 106 Å². The number of H-pyrrole nitrogens is 1. The van der Waals surface area contributed by atoms with Gasteiger partial charge in [0.25, 0.3) is 5.56 Å². The van der Waals surface area contributed by atoms with Gasteiger partial charge < -0.3 is 9.72 Å². The van der Waals surface area contributed by atoms with Gasteiger partial charge in [0, 0.05) is 10.1 Å². The van der Waals surface area contributed by atoms with Crippen molar-refractivity contribution in [2.45, 2.75) is 38.5 Å². The summed E-state index contributed by atoms with van der Waals surface area (Å²) in [7, 11) is -2.96. The average molecular weight is 417 g/mol. The van der Waals surface area contributed by atoms with Crippen LogP contribution in [0.2, 0.25) is 0 Å². The lowest BCUT2D eigenvalue weighted by molar-refractivity contribution is -0.145. The van der Waals surface area contributed by atoms with Crippen LogP contribution in [0.1, 0.15) is 35.7 Å². The highest BCUT2D eigenvalue weighted by Crippen LogP contribution is 2.27. The van der Waals surface area contributed by atoms with Crippen LogP contribution in [0.25, 0.3) is 10.2 Å². The second-order valence-corrected chi connectivity index (χ2v) is 11.1. The number of fused-ring (bicyclic) bond motifs is 1. The number of aromatic amines is 1. The molecule has 0 amide bonds. The maximum absolute atomic E-state index is 12.3. The van der Waals surface area contributed by atoms with E-state index < -0.39 is 21.9 Å². The summed E-state index contributed by atoms with van der Waals surface area (Å²) >= 11 is 2.74. The molecule has 1 aliphatic heterocycles. The molecule has 142 valence electrons. The van der Waals surface area contributed by atoms with Crippen LogP contribution in [0.15, 0.2) is 4.79 Å². The third kappa shape index (κ3) is 4.12. The third-order valence-corrected chi connectivity index (χ3v) is 8.73. The number of nitrogens with zero attached hydrogens (tertiary/aromatic N) is 1. The van der Waals surface area contributed by atoms with Gasteiger partial charge in [-0.25, -0.2) is 13.4 Å². The molecule has 1 aliphatic rings. The number of hydrogen-bond donors (Lipinski definition) is 1. The lowest BCUT2D eigenvalue weighted by Crippen LogP contribution is -2.19. The van der Waals surface area contributed by atoms with Crippen LogP contribution in [0.3, 0.4) is 0 Å². The first-order chi connectivity index (χ1) is 12.2. The molecule has 0 aromatic carbocycles. The molecule has 1 fully saturated rings. The fraction of sp³-hybridized carbons (Fsp3) is 0.562. The minimum absolute atomic E-state index is 0.0609. The van der Waals surface area contributed by atoms with Gasteiger partial charge in [0.2, 0.25) is 0 Å². The second kappa shape index (κ2) is 7.32. The minimum Gasteiger partial charge on any atom is -0.454 e. The highest BCUT2D eigenvalue weighted by molar-refractivity contribution is 8.02. The zero-order valence-electron chi connectivity index (χ0n) is 14.7. The molecule has 1 saturated heterocycles. The van der Waals surface area contributed by atoms with Crippen molar-refractivity contribution in [1.82, 2.24) is 9.97 Å². The Kier molecular flexibility index (Phi) is 5.45. The number of thiophene rings is 1. The van der Waals surface area contributed by atoms with Gasteiger partial charge in [0.05, 0.1) is 22.6 Å². The summed E-state index contributed by atoms with van der Waals surface area (Å²) < 4.78 is 28.2. The van der Waals surface area contributed by atoms with Crippen molar-refractivity contribution >= 4 is 49.1 Å². The molecule has 0 bridgehead atoms. The predicted octanol–water partition coefficient (Wildman–Crippen LogP) is 2.13. The van der Waals surface area contributed by atoms with Gasteiger partial charge >= 0.3 is 5.97 Å². The van der Waals surface area contributed by atoms with Crippen molar-refractivity contribution in [3.05, 3.63) is 26.6 Å².